The molecule has 1 fully saturated rings. The van der Waals surface area contributed by atoms with Crippen molar-refractivity contribution in [3.05, 3.63) is 34.8 Å². The smallest absolute Gasteiger partial charge is 0.252 e. The number of hydrogen-bond donors (Lipinski definition) is 0. The quantitative estimate of drug-likeness (QED) is 0.657. The van der Waals surface area contributed by atoms with Crippen LogP contribution in [0.4, 0.5) is 5.13 Å². The van der Waals surface area contributed by atoms with Crippen molar-refractivity contribution in [1.82, 2.24) is 14.3 Å². The predicted octanol–water partition coefficient (Wildman–Crippen LogP) is 3.31. The zero-order chi connectivity index (χ0) is 17.4. The van der Waals surface area contributed by atoms with Crippen LogP contribution in [0.3, 0.4) is 0 Å². The standard InChI is InChI=1S/C15H15ClN4O2S3/c16-12-4-5-13(23-12)25(21,22)20-8-2-7-19(9-10-20)15-18-11-3-1-6-17-14(11)24-15/h1,3-6H,2,7-10H2. The molecule has 0 aliphatic carbocycles. The van der Waals surface area contributed by atoms with E-state index < -0.39 is 10.0 Å². The van der Waals surface area contributed by atoms with Crippen LogP contribution in [0.15, 0.2) is 34.7 Å². The monoisotopic (exact) mass is 414 g/mol. The Morgan fingerprint density at radius 3 is 2.72 bits per heavy atom. The molecule has 0 amide bonds. The van der Waals surface area contributed by atoms with Crippen molar-refractivity contribution in [2.45, 2.75) is 10.6 Å². The largest absolute Gasteiger partial charge is 0.347 e. The Morgan fingerprint density at radius 2 is 1.96 bits per heavy atom. The second kappa shape index (κ2) is 6.81. The maximum atomic E-state index is 12.8. The lowest BCUT2D eigenvalue weighted by molar-refractivity contribution is 0.434. The lowest BCUT2D eigenvalue weighted by Crippen LogP contribution is -2.34. The van der Waals surface area contributed by atoms with Gasteiger partial charge < -0.3 is 4.90 Å². The van der Waals surface area contributed by atoms with E-state index >= 15 is 0 Å². The zero-order valence-corrected chi connectivity index (χ0v) is 16.3. The van der Waals surface area contributed by atoms with Crippen molar-refractivity contribution < 1.29 is 8.42 Å². The van der Waals surface area contributed by atoms with E-state index in [0.717, 1.165) is 39.8 Å². The first-order valence-electron chi connectivity index (χ1n) is 7.76. The Kier molecular flexibility index (Phi) is 4.67. The highest BCUT2D eigenvalue weighted by Gasteiger charge is 2.29. The van der Waals surface area contributed by atoms with E-state index in [4.69, 9.17) is 11.6 Å². The van der Waals surface area contributed by atoms with Crippen LogP contribution in [-0.4, -0.2) is 48.9 Å². The first-order valence-corrected chi connectivity index (χ1v) is 11.2. The molecule has 3 aromatic heterocycles. The van der Waals surface area contributed by atoms with E-state index in [1.807, 2.05) is 12.1 Å². The van der Waals surface area contributed by atoms with Crippen LogP contribution >= 0.6 is 34.3 Å². The fourth-order valence-electron chi connectivity index (χ4n) is 2.78. The third kappa shape index (κ3) is 3.39. The molecule has 0 aromatic carbocycles. The number of rotatable bonds is 3. The van der Waals surface area contributed by atoms with E-state index in [-0.39, 0.29) is 0 Å². The van der Waals surface area contributed by atoms with Gasteiger partial charge in [0.15, 0.2) is 5.13 Å². The van der Waals surface area contributed by atoms with Gasteiger partial charge in [-0.05, 0) is 30.7 Å². The molecule has 3 aromatic rings. The molecular formula is C15H15ClN4O2S3. The van der Waals surface area contributed by atoms with Gasteiger partial charge in [0.25, 0.3) is 10.0 Å². The van der Waals surface area contributed by atoms with Gasteiger partial charge in [0.2, 0.25) is 0 Å². The van der Waals surface area contributed by atoms with Gasteiger partial charge in [-0.3, -0.25) is 0 Å². The molecule has 0 spiro atoms. The minimum atomic E-state index is -3.48. The SMILES string of the molecule is O=S(=O)(c1ccc(Cl)s1)N1CCCN(c2nc3cccnc3s2)CC1. The number of sulfonamides is 1. The van der Waals surface area contributed by atoms with Gasteiger partial charge in [-0.25, -0.2) is 18.4 Å². The zero-order valence-electron chi connectivity index (χ0n) is 13.1. The first kappa shape index (κ1) is 17.2. The molecule has 6 nitrogen and oxygen atoms in total. The summed E-state index contributed by atoms with van der Waals surface area (Å²) in [5.41, 5.74) is 0.879. The summed E-state index contributed by atoms with van der Waals surface area (Å²) in [5, 5.41) is 0.895. The normalized spacial score (nSPS) is 17.1. The third-order valence-electron chi connectivity index (χ3n) is 4.02. The molecule has 0 atom stereocenters. The van der Waals surface area contributed by atoms with E-state index in [1.54, 1.807) is 34.0 Å². The summed E-state index contributed by atoms with van der Waals surface area (Å²) in [4.78, 5) is 12.0. The molecule has 1 aliphatic heterocycles. The number of pyridine rings is 1. The number of aromatic nitrogens is 2. The van der Waals surface area contributed by atoms with Gasteiger partial charge in [0.1, 0.15) is 14.6 Å². The van der Waals surface area contributed by atoms with Crippen molar-refractivity contribution in [3.8, 4) is 0 Å². The second-order valence-electron chi connectivity index (χ2n) is 5.63. The van der Waals surface area contributed by atoms with Crippen LogP contribution in [0.5, 0.6) is 0 Å². The highest BCUT2D eigenvalue weighted by atomic mass is 35.5. The summed E-state index contributed by atoms with van der Waals surface area (Å²) < 4.78 is 27.9. The van der Waals surface area contributed by atoms with E-state index in [2.05, 4.69) is 14.9 Å². The van der Waals surface area contributed by atoms with Gasteiger partial charge in [-0.15, -0.1) is 11.3 Å². The summed E-state index contributed by atoms with van der Waals surface area (Å²) in [6.07, 6.45) is 2.51. The Morgan fingerprint density at radius 1 is 1.08 bits per heavy atom. The molecule has 0 bridgehead atoms. The van der Waals surface area contributed by atoms with Crippen LogP contribution in [0.1, 0.15) is 6.42 Å². The van der Waals surface area contributed by atoms with Gasteiger partial charge >= 0.3 is 0 Å². The van der Waals surface area contributed by atoms with Crippen molar-refractivity contribution in [2.75, 3.05) is 31.1 Å². The Bertz CT molecular complexity index is 968. The Labute approximate surface area is 158 Å². The molecule has 4 rings (SSSR count). The summed E-state index contributed by atoms with van der Waals surface area (Å²) in [6.45, 7) is 2.31. The first-order chi connectivity index (χ1) is 12.0. The fraction of sp³-hybridized carbons (Fsp3) is 0.333. The number of hydrogen-bond acceptors (Lipinski definition) is 7. The van der Waals surface area contributed by atoms with Crippen LogP contribution in [0, 0.1) is 0 Å². The molecule has 25 heavy (non-hydrogen) atoms. The highest BCUT2D eigenvalue weighted by molar-refractivity contribution is 7.91. The molecule has 10 heteroatoms. The predicted molar refractivity (Wildman–Crippen MR) is 102 cm³/mol. The van der Waals surface area contributed by atoms with Gasteiger partial charge in [-0.2, -0.15) is 4.31 Å². The van der Waals surface area contributed by atoms with E-state index in [9.17, 15) is 8.42 Å². The van der Waals surface area contributed by atoms with Crippen molar-refractivity contribution in [3.63, 3.8) is 0 Å². The van der Waals surface area contributed by atoms with Crippen LogP contribution < -0.4 is 4.90 Å². The molecular weight excluding hydrogens is 400 g/mol. The summed E-state index contributed by atoms with van der Waals surface area (Å²) >= 11 is 8.53. The number of thiophene rings is 1. The molecule has 132 valence electrons. The van der Waals surface area contributed by atoms with E-state index in [1.165, 1.54) is 0 Å². The third-order valence-corrected chi connectivity index (χ3v) is 8.66. The topological polar surface area (TPSA) is 66.4 Å². The Hall–Kier alpha value is -1.26. The summed E-state index contributed by atoms with van der Waals surface area (Å²) in [7, 11) is -3.48. The minimum absolute atomic E-state index is 0.301. The van der Waals surface area contributed by atoms with Gasteiger partial charge in [0.05, 0.1) is 4.34 Å². The maximum Gasteiger partial charge on any atom is 0.252 e. The number of nitrogens with zero attached hydrogens (tertiary/aromatic N) is 4. The molecule has 1 saturated heterocycles. The maximum absolute atomic E-state index is 12.8. The minimum Gasteiger partial charge on any atom is -0.347 e. The lowest BCUT2D eigenvalue weighted by atomic mass is 10.4. The average Bonchev–Trinajstić information content (AvgIpc) is 3.14. The molecule has 0 N–H and O–H groups in total. The molecule has 0 saturated carbocycles. The molecule has 0 radical (unpaired) electrons. The lowest BCUT2D eigenvalue weighted by Gasteiger charge is -2.20. The molecule has 4 heterocycles. The summed E-state index contributed by atoms with van der Waals surface area (Å²) in [5.74, 6) is 0. The van der Waals surface area contributed by atoms with Crippen molar-refractivity contribution in [2.24, 2.45) is 0 Å². The number of fused-ring (bicyclic) bond motifs is 1. The second-order valence-corrected chi connectivity index (χ2v) is 10.5. The highest BCUT2D eigenvalue weighted by Crippen LogP contribution is 2.30. The summed E-state index contributed by atoms with van der Waals surface area (Å²) in [6, 6.07) is 7.01. The van der Waals surface area contributed by atoms with Gasteiger partial charge in [-0.1, -0.05) is 22.9 Å². The molecule has 0 unspecified atom stereocenters. The van der Waals surface area contributed by atoms with Crippen molar-refractivity contribution >= 4 is 59.8 Å². The number of thiazole rings is 1. The van der Waals surface area contributed by atoms with E-state index in [0.29, 0.717) is 28.2 Å². The molecule has 1 aliphatic rings. The van der Waals surface area contributed by atoms with Crippen LogP contribution in [-0.2, 0) is 10.0 Å². The number of halogens is 1. The van der Waals surface area contributed by atoms with Crippen LogP contribution in [0.2, 0.25) is 4.34 Å². The van der Waals surface area contributed by atoms with Crippen molar-refractivity contribution in [1.29, 1.82) is 0 Å². The number of anilines is 1. The Balaban J connectivity index is 1.54. The van der Waals surface area contributed by atoms with Crippen LogP contribution in [0.25, 0.3) is 10.3 Å². The average molecular weight is 415 g/mol. The fourth-order valence-corrected chi connectivity index (χ4v) is 6.85. The van der Waals surface area contributed by atoms with Gasteiger partial charge in [0, 0.05) is 32.4 Å².